The molecular weight excluding hydrogens is 356 g/mol. The average Bonchev–Trinajstić information content (AvgIpc) is 2.63. The zero-order chi connectivity index (χ0) is 19.8. The second-order valence-corrected chi connectivity index (χ2v) is 4.80. The molecule has 0 unspecified atom stereocenters. The highest BCUT2D eigenvalue weighted by molar-refractivity contribution is 5.75. The molecule has 12 nitrogen and oxygen atoms in total. The van der Waals surface area contributed by atoms with Crippen molar-refractivity contribution in [2.45, 2.75) is 0 Å². The fourth-order valence-corrected chi connectivity index (χ4v) is 1.57. The Morgan fingerprint density at radius 3 is 2.12 bits per heavy atom. The molecule has 0 aliphatic carbocycles. The maximum Gasteiger partial charge on any atom is 0.329 e. The van der Waals surface area contributed by atoms with E-state index in [1.54, 1.807) is 0 Å². The maximum absolute atomic E-state index is 11.3. The molecule has 1 aliphatic rings. The Bertz CT molecular complexity index is 437. The van der Waals surface area contributed by atoms with Gasteiger partial charge in [-0.05, 0) is 0 Å². The first-order valence-electron chi connectivity index (χ1n) is 7.61. The molecule has 2 radical (unpaired) electrons. The molecule has 0 spiro atoms. The number of hydrogen-bond acceptors (Lipinski definition) is 8. The number of ether oxygens (including phenoxy) is 3. The minimum absolute atomic E-state index is 0.0495. The van der Waals surface area contributed by atoms with Crippen molar-refractivity contribution in [1.82, 2.24) is 10.2 Å². The van der Waals surface area contributed by atoms with Gasteiger partial charge in [-0.2, -0.15) is 0 Å². The van der Waals surface area contributed by atoms with Gasteiger partial charge in [-0.25, -0.2) is 15.2 Å². The third-order valence-electron chi connectivity index (χ3n) is 2.59. The number of nitrogens with zero attached hydrogens (tertiary/aromatic N) is 2. The molecule has 0 aromatic heterocycles. The number of esters is 2. The van der Waals surface area contributed by atoms with Crippen molar-refractivity contribution in [3.8, 4) is 0 Å². The van der Waals surface area contributed by atoms with Gasteiger partial charge in [-0.3, -0.25) is 19.3 Å². The Hall–Kier alpha value is -2.28. The van der Waals surface area contributed by atoms with Crippen LogP contribution in [0.4, 0.5) is 0 Å². The van der Waals surface area contributed by atoms with Crippen LogP contribution in [0.1, 0.15) is 0 Å². The molecule has 0 amide bonds. The van der Waals surface area contributed by atoms with E-state index in [9.17, 15) is 24.3 Å². The van der Waals surface area contributed by atoms with E-state index in [4.69, 9.17) is 24.4 Å². The minimum Gasteiger partial charge on any atom is -0.480 e. The summed E-state index contributed by atoms with van der Waals surface area (Å²) in [4.78, 5) is 43.9. The van der Waals surface area contributed by atoms with Crippen LogP contribution in [-0.2, 0) is 38.5 Å². The van der Waals surface area contributed by atoms with Gasteiger partial charge in [0.1, 0.15) is 26.4 Å². The van der Waals surface area contributed by atoms with Gasteiger partial charge in [-0.1, -0.05) is 0 Å². The van der Waals surface area contributed by atoms with Crippen LogP contribution >= 0.6 is 0 Å². The van der Waals surface area contributed by atoms with Gasteiger partial charge in [0, 0.05) is 13.1 Å². The molecule has 1 aliphatic heterocycles. The second-order valence-electron chi connectivity index (χ2n) is 4.80. The highest BCUT2D eigenvalue weighted by Crippen LogP contribution is 1.96. The summed E-state index contributed by atoms with van der Waals surface area (Å²) in [6, 6.07) is 0. The number of hydrogen-bond donors (Lipinski definition) is 2. The van der Waals surface area contributed by atoms with E-state index in [-0.39, 0.29) is 59.2 Å². The van der Waals surface area contributed by atoms with E-state index in [0.29, 0.717) is 0 Å². The van der Waals surface area contributed by atoms with Crippen LogP contribution in [0.15, 0.2) is 0 Å². The zero-order valence-corrected chi connectivity index (χ0v) is 14.1. The number of carbonyl (C=O) groups is 4. The number of aliphatic carboxylic acids is 2. The third kappa shape index (κ3) is 15.3. The molecule has 148 valence electrons. The monoisotopic (exact) mass is 378 g/mol. The van der Waals surface area contributed by atoms with Gasteiger partial charge in [0.15, 0.2) is 0 Å². The van der Waals surface area contributed by atoms with Crippen LogP contribution in [0.5, 0.6) is 0 Å². The smallest absolute Gasteiger partial charge is 0.329 e. The molecule has 1 saturated heterocycles. The predicted molar refractivity (Wildman–Crippen MR) is 81.9 cm³/mol. The van der Waals surface area contributed by atoms with Crippen molar-refractivity contribution in [2.75, 3.05) is 65.8 Å². The highest BCUT2D eigenvalue weighted by Gasteiger charge is 2.18. The lowest BCUT2D eigenvalue weighted by molar-refractivity contribution is -0.148. The summed E-state index contributed by atoms with van der Waals surface area (Å²) in [5.74, 6) is -2.96. The van der Waals surface area contributed by atoms with Crippen molar-refractivity contribution < 1.29 is 48.7 Å². The topological polar surface area (TPSA) is 174 Å². The first-order chi connectivity index (χ1) is 12.3. The SMILES string of the molecule is O=C(O)COCCN1CC(=O)OCCOC(=O)C1.[O]CC[N]CC(=O)O. The number of carboxylic acid groups (broad SMARTS) is 2. The summed E-state index contributed by atoms with van der Waals surface area (Å²) in [5, 5.41) is 29.3. The lowest BCUT2D eigenvalue weighted by Crippen LogP contribution is -2.37. The van der Waals surface area contributed by atoms with E-state index in [2.05, 4.69) is 5.32 Å². The summed E-state index contributed by atoms with van der Waals surface area (Å²) >= 11 is 0. The number of cyclic esters (lactones) is 2. The molecule has 0 aromatic carbocycles. The van der Waals surface area contributed by atoms with Gasteiger partial charge in [-0.15, -0.1) is 0 Å². The third-order valence-corrected chi connectivity index (χ3v) is 2.59. The highest BCUT2D eigenvalue weighted by atomic mass is 16.6. The first kappa shape index (κ1) is 23.7. The van der Waals surface area contributed by atoms with Crippen molar-refractivity contribution in [3.63, 3.8) is 0 Å². The number of rotatable bonds is 9. The fraction of sp³-hybridized carbons (Fsp3) is 0.714. The van der Waals surface area contributed by atoms with Gasteiger partial charge in [0.25, 0.3) is 0 Å². The van der Waals surface area contributed by atoms with E-state index < -0.39 is 30.5 Å². The maximum atomic E-state index is 11.3. The Labute approximate surface area is 149 Å². The molecule has 0 aromatic rings. The van der Waals surface area contributed by atoms with Crippen LogP contribution in [-0.4, -0.2) is 105 Å². The first-order valence-corrected chi connectivity index (χ1v) is 7.61. The van der Waals surface area contributed by atoms with E-state index in [1.165, 1.54) is 4.90 Å². The molecule has 1 rings (SSSR count). The van der Waals surface area contributed by atoms with E-state index in [0.717, 1.165) is 0 Å². The van der Waals surface area contributed by atoms with Crippen molar-refractivity contribution in [2.24, 2.45) is 0 Å². The Morgan fingerprint density at radius 2 is 1.65 bits per heavy atom. The van der Waals surface area contributed by atoms with E-state index >= 15 is 0 Å². The summed E-state index contributed by atoms with van der Waals surface area (Å²) < 4.78 is 14.4. The fourth-order valence-electron chi connectivity index (χ4n) is 1.57. The summed E-state index contributed by atoms with van der Waals surface area (Å²) in [6.07, 6.45) is 0. The van der Waals surface area contributed by atoms with Gasteiger partial charge in [0.2, 0.25) is 0 Å². The van der Waals surface area contributed by atoms with Crippen molar-refractivity contribution >= 4 is 23.9 Å². The van der Waals surface area contributed by atoms with Crippen molar-refractivity contribution in [1.29, 1.82) is 0 Å². The van der Waals surface area contributed by atoms with E-state index in [1.807, 2.05) is 0 Å². The molecule has 0 saturated carbocycles. The summed E-state index contributed by atoms with van der Waals surface area (Å²) in [5.41, 5.74) is 0. The van der Waals surface area contributed by atoms with Crippen molar-refractivity contribution in [3.05, 3.63) is 0 Å². The van der Waals surface area contributed by atoms with Crippen LogP contribution < -0.4 is 5.32 Å². The van der Waals surface area contributed by atoms with Crippen LogP contribution in [0.2, 0.25) is 0 Å². The molecule has 0 atom stereocenters. The predicted octanol–water partition coefficient (Wildman–Crippen LogP) is -2.40. The van der Waals surface area contributed by atoms with Gasteiger partial charge in [0.05, 0.1) is 26.3 Å². The normalized spacial score (nSPS) is 15.4. The molecular formula is C14H22N2O10. The Balaban J connectivity index is 0.000000660. The van der Waals surface area contributed by atoms with Gasteiger partial charge >= 0.3 is 23.9 Å². The lowest BCUT2D eigenvalue weighted by atomic mass is 10.4. The molecule has 1 fully saturated rings. The Kier molecular flexibility index (Phi) is 13.7. The lowest BCUT2D eigenvalue weighted by Gasteiger charge is -2.18. The Morgan fingerprint density at radius 1 is 1.08 bits per heavy atom. The average molecular weight is 378 g/mol. The van der Waals surface area contributed by atoms with Gasteiger partial charge < -0.3 is 24.4 Å². The summed E-state index contributed by atoms with van der Waals surface area (Å²) in [6.45, 7) is -0.534. The number of carboxylic acids is 2. The second kappa shape index (κ2) is 15.0. The molecule has 1 heterocycles. The standard InChI is InChI=1S/C10H15NO7.C4H7NO3/c12-8(13)7-16-2-1-11-5-9(14)17-3-4-18-10(15)6-11;6-2-1-5-3-4(7)8/h1-7H2,(H,12,13);1-3H2,(H,7,8). The van der Waals surface area contributed by atoms with Crippen LogP contribution in [0, 0.1) is 0 Å². The number of carbonyl (C=O) groups excluding carboxylic acids is 2. The molecule has 0 bridgehead atoms. The molecule has 2 N–H and O–H groups in total. The quantitative estimate of drug-likeness (QED) is 0.325. The minimum atomic E-state index is -1.07. The molecule has 26 heavy (non-hydrogen) atoms. The zero-order valence-electron chi connectivity index (χ0n) is 14.1. The summed E-state index contributed by atoms with van der Waals surface area (Å²) in [7, 11) is 0. The molecule has 12 heteroatoms. The van der Waals surface area contributed by atoms with Crippen LogP contribution in [0.25, 0.3) is 0 Å². The largest absolute Gasteiger partial charge is 0.480 e. The van der Waals surface area contributed by atoms with Crippen LogP contribution in [0.3, 0.4) is 0 Å².